The predicted octanol–water partition coefficient (Wildman–Crippen LogP) is -0.230. The number of ether oxygens (including phenoxy) is 1. The number of carbonyl (C=O) groups is 1. The van der Waals surface area contributed by atoms with Gasteiger partial charge in [0.05, 0.1) is 6.61 Å². The molecular weight excluding hydrogens is 196 g/mol. The van der Waals surface area contributed by atoms with Crippen LogP contribution >= 0.6 is 0 Å². The lowest BCUT2D eigenvalue weighted by Gasteiger charge is -2.38. The lowest BCUT2D eigenvalue weighted by atomic mass is 10.1. The van der Waals surface area contributed by atoms with Crippen molar-refractivity contribution >= 4 is 5.97 Å². The van der Waals surface area contributed by atoms with E-state index >= 15 is 0 Å². The summed E-state index contributed by atoms with van der Waals surface area (Å²) in [5, 5.41) is 12.2. The number of aliphatic carboxylic acids is 1. The Morgan fingerprint density at radius 3 is 3.00 bits per heavy atom. The average molecular weight is 216 g/mol. The average Bonchev–Trinajstić information content (AvgIpc) is 2.26. The lowest BCUT2D eigenvalue weighted by Crippen LogP contribution is -2.59. The van der Waals surface area contributed by atoms with Gasteiger partial charge in [0.15, 0.2) is 0 Å². The fraction of sp³-hybridized carbons (Fsp3) is 0.900. The second kappa shape index (κ2) is 6.05. The summed E-state index contributed by atoms with van der Waals surface area (Å²) in [6.45, 7) is 4.81. The van der Waals surface area contributed by atoms with Crippen molar-refractivity contribution in [3.05, 3.63) is 0 Å². The summed E-state index contributed by atoms with van der Waals surface area (Å²) in [5.74, 6) is -0.753. The van der Waals surface area contributed by atoms with Crippen molar-refractivity contribution in [3.63, 3.8) is 0 Å². The Hall–Kier alpha value is -0.650. The SMILES string of the molecule is CCC(COC)N1CCNCC1C(=O)O. The van der Waals surface area contributed by atoms with Gasteiger partial charge in [0.2, 0.25) is 0 Å². The van der Waals surface area contributed by atoms with Crippen molar-refractivity contribution in [2.75, 3.05) is 33.4 Å². The number of hydrogen-bond acceptors (Lipinski definition) is 4. The Kier molecular flexibility index (Phi) is 5.01. The molecule has 1 heterocycles. The highest BCUT2D eigenvalue weighted by Crippen LogP contribution is 2.12. The van der Waals surface area contributed by atoms with E-state index in [1.54, 1.807) is 7.11 Å². The largest absolute Gasteiger partial charge is 0.480 e. The van der Waals surface area contributed by atoms with Gasteiger partial charge in [-0.2, -0.15) is 0 Å². The van der Waals surface area contributed by atoms with E-state index in [1.165, 1.54) is 0 Å². The smallest absolute Gasteiger partial charge is 0.322 e. The zero-order chi connectivity index (χ0) is 11.3. The first kappa shape index (κ1) is 12.4. The van der Waals surface area contributed by atoms with Crippen LogP contribution in [-0.2, 0) is 9.53 Å². The maximum atomic E-state index is 11.1. The number of methoxy groups -OCH3 is 1. The molecule has 1 rings (SSSR count). The van der Waals surface area contributed by atoms with Crippen molar-refractivity contribution in [1.82, 2.24) is 10.2 Å². The molecule has 5 heteroatoms. The molecule has 0 amide bonds. The van der Waals surface area contributed by atoms with Crippen LogP contribution in [0.25, 0.3) is 0 Å². The summed E-state index contributed by atoms with van der Waals surface area (Å²) in [6, 6.07) is -0.211. The fourth-order valence-corrected chi connectivity index (χ4v) is 2.03. The van der Waals surface area contributed by atoms with Gasteiger partial charge in [-0.3, -0.25) is 9.69 Å². The van der Waals surface area contributed by atoms with Crippen LogP contribution in [0.4, 0.5) is 0 Å². The third-order valence-corrected chi connectivity index (χ3v) is 2.87. The Balaban J connectivity index is 2.64. The monoisotopic (exact) mass is 216 g/mol. The number of nitrogens with one attached hydrogen (secondary N) is 1. The standard InChI is InChI=1S/C10H20N2O3/c1-3-8(7-15-2)12-5-4-11-6-9(12)10(13)14/h8-9,11H,3-7H2,1-2H3,(H,13,14). The highest BCUT2D eigenvalue weighted by Gasteiger charge is 2.32. The fourth-order valence-electron chi connectivity index (χ4n) is 2.03. The number of rotatable bonds is 5. The highest BCUT2D eigenvalue weighted by molar-refractivity contribution is 5.74. The third kappa shape index (κ3) is 3.15. The van der Waals surface area contributed by atoms with Crippen LogP contribution in [0.15, 0.2) is 0 Å². The summed E-state index contributed by atoms with van der Waals surface area (Å²) >= 11 is 0. The highest BCUT2D eigenvalue weighted by atomic mass is 16.5. The molecule has 1 fully saturated rings. The Labute approximate surface area is 90.4 Å². The summed E-state index contributed by atoms with van der Waals surface area (Å²) in [5.41, 5.74) is 0. The van der Waals surface area contributed by atoms with Gasteiger partial charge in [0.1, 0.15) is 6.04 Å². The molecule has 0 aromatic heterocycles. The van der Waals surface area contributed by atoms with Crippen molar-refractivity contribution in [3.8, 4) is 0 Å². The minimum Gasteiger partial charge on any atom is -0.480 e. The van der Waals surface area contributed by atoms with Crippen molar-refractivity contribution in [2.24, 2.45) is 0 Å². The molecule has 2 atom stereocenters. The number of carboxylic acids is 1. The number of carboxylic acid groups (broad SMARTS) is 1. The summed E-state index contributed by atoms with van der Waals surface area (Å²) < 4.78 is 5.12. The maximum absolute atomic E-state index is 11.1. The molecule has 1 aliphatic rings. The Morgan fingerprint density at radius 1 is 1.73 bits per heavy atom. The third-order valence-electron chi connectivity index (χ3n) is 2.87. The molecule has 88 valence electrons. The Morgan fingerprint density at radius 2 is 2.47 bits per heavy atom. The van der Waals surface area contributed by atoms with Gasteiger partial charge in [-0.25, -0.2) is 0 Å². The molecule has 2 unspecified atom stereocenters. The van der Waals surface area contributed by atoms with E-state index in [-0.39, 0.29) is 6.04 Å². The lowest BCUT2D eigenvalue weighted by molar-refractivity contribution is -0.145. The number of nitrogens with zero attached hydrogens (tertiary/aromatic N) is 1. The van der Waals surface area contributed by atoms with E-state index in [0.29, 0.717) is 13.2 Å². The molecule has 2 N–H and O–H groups in total. The second-order valence-electron chi connectivity index (χ2n) is 3.81. The minimum absolute atomic E-state index is 0.207. The van der Waals surface area contributed by atoms with E-state index < -0.39 is 12.0 Å². The van der Waals surface area contributed by atoms with E-state index in [2.05, 4.69) is 12.2 Å². The maximum Gasteiger partial charge on any atom is 0.322 e. The van der Waals surface area contributed by atoms with Crippen LogP contribution < -0.4 is 5.32 Å². The van der Waals surface area contributed by atoms with Gasteiger partial charge >= 0.3 is 5.97 Å². The molecule has 15 heavy (non-hydrogen) atoms. The summed E-state index contributed by atoms with van der Waals surface area (Å²) in [7, 11) is 1.65. The topological polar surface area (TPSA) is 61.8 Å². The van der Waals surface area contributed by atoms with Gasteiger partial charge < -0.3 is 15.2 Å². The molecule has 0 saturated carbocycles. The van der Waals surface area contributed by atoms with Crippen LogP contribution in [0.5, 0.6) is 0 Å². The number of piperazine rings is 1. The van der Waals surface area contributed by atoms with Crippen molar-refractivity contribution < 1.29 is 14.6 Å². The Bertz CT molecular complexity index is 211. The van der Waals surface area contributed by atoms with E-state index in [4.69, 9.17) is 9.84 Å². The zero-order valence-electron chi connectivity index (χ0n) is 9.40. The number of hydrogen-bond donors (Lipinski definition) is 2. The second-order valence-corrected chi connectivity index (χ2v) is 3.81. The zero-order valence-corrected chi connectivity index (χ0v) is 9.40. The van der Waals surface area contributed by atoms with Crippen LogP contribution in [0.2, 0.25) is 0 Å². The van der Waals surface area contributed by atoms with Crippen molar-refractivity contribution in [1.29, 1.82) is 0 Å². The molecule has 0 spiro atoms. The molecular formula is C10H20N2O3. The molecule has 1 saturated heterocycles. The minimum atomic E-state index is -0.753. The molecule has 0 radical (unpaired) electrons. The van der Waals surface area contributed by atoms with Crippen LogP contribution in [-0.4, -0.2) is 61.4 Å². The first-order chi connectivity index (χ1) is 7.20. The summed E-state index contributed by atoms with van der Waals surface area (Å²) in [6.07, 6.45) is 0.914. The van der Waals surface area contributed by atoms with Crippen LogP contribution in [0.1, 0.15) is 13.3 Å². The van der Waals surface area contributed by atoms with E-state index in [0.717, 1.165) is 19.5 Å². The molecule has 5 nitrogen and oxygen atoms in total. The van der Waals surface area contributed by atoms with Gasteiger partial charge in [0.25, 0.3) is 0 Å². The molecule has 0 aromatic carbocycles. The van der Waals surface area contributed by atoms with Gasteiger partial charge in [-0.1, -0.05) is 6.92 Å². The molecule has 0 aromatic rings. The molecule has 1 aliphatic heterocycles. The van der Waals surface area contributed by atoms with Gasteiger partial charge in [-0.15, -0.1) is 0 Å². The van der Waals surface area contributed by atoms with E-state index in [1.807, 2.05) is 4.90 Å². The normalized spacial score (nSPS) is 25.1. The molecule has 0 bridgehead atoms. The van der Waals surface area contributed by atoms with Gasteiger partial charge in [-0.05, 0) is 6.42 Å². The first-order valence-electron chi connectivity index (χ1n) is 5.38. The van der Waals surface area contributed by atoms with Crippen LogP contribution in [0, 0.1) is 0 Å². The van der Waals surface area contributed by atoms with Gasteiger partial charge in [0, 0.05) is 32.8 Å². The quantitative estimate of drug-likeness (QED) is 0.664. The van der Waals surface area contributed by atoms with Crippen molar-refractivity contribution in [2.45, 2.75) is 25.4 Å². The van der Waals surface area contributed by atoms with E-state index in [9.17, 15) is 4.79 Å². The predicted molar refractivity (Wildman–Crippen MR) is 57.0 cm³/mol. The molecule has 0 aliphatic carbocycles. The van der Waals surface area contributed by atoms with Crippen LogP contribution in [0.3, 0.4) is 0 Å². The first-order valence-corrected chi connectivity index (χ1v) is 5.38. The summed E-state index contributed by atoms with van der Waals surface area (Å²) in [4.78, 5) is 13.1.